The van der Waals surface area contributed by atoms with E-state index in [1.54, 1.807) is 11.9 Å². The minimum Gasteiger partial charge on any atom is -0.352 e. The van der Waals surface area contributed by atoms with E-state index in [2.05, 4.69) is 10.7 Å². The topological polar surface area (TPSA) is 87.5 Å². The molecule has 1 aliphatic rings. The first kappa shape index (κ1) is 13.9. The molecule has 6 nitrogen and oxygen atoms in total. The SMILES string of the molecule is CC(C)C(C(=O)NN)N(C)CC(=O)NC1CC1. The fourth-order valence-corrected chi connectivity index (χ4v) is 1.92. The third-order valence-corrected chi connectivity index (χ3v) is 2.85. The van der Waals surface area contributed by atoms with Gasteiger partial charge in [0.2, 0.25) is 5.91 Å². The Labute approximate surface area is 102 Å². The van der Waals surface area contributed by atoms with Crippen molar-refractivity contribution in [1.29, 1.82) is 0 Å². The van der Waals surface area contributed by atoms with E-state index in [0.717, 1.165) is 12.8 Å². The van der Waals surface area contributed by atoms with Gasteiger partial charge in [-0.1, -0.05) is 13.8 Å². The van der Waals surface area contributed by atoms with Crippen LogP contribution in [-0.4, -0.2) is 42.4 Å². The predicted octanol–water partition coefficient (Wildman–Crippen LogP) is -0.789. The highest BCUT2D eigenvalue weighted by Gasteiger charge is 2.29. The van der Waals surface area contributed by atoms with Crippen LogP contribution in [-0.2, 0) is 9.59 Å². The van der Waals surface area contributed by atoms with Crippen LogP contribution in [0.3, 0.4) is 0 Å². The lowest BCUT2D eigenvalue weighted by Gasteiger charge is -2.28. The van der Waals surface area contributed by atoms with Gasteiger partial charge in [0.1, 0.15) is 0 Å². The van der Waals surface area contributed by atoms with Crippen molar-refractivity contribution >= 4 is 11.8 Å². The molecule has 0 saturated heterocycles. The van der Waals surface area contributed by atoms with Crippen LogP contribution in [0.25, 0.3) is 0 Å². The molecule has 17 heavy (non-hydrogen) atoms. The van der Waals surface area contributed by atoms with E-state index < -0.39 is 0 Å². The molecule has 1 saturated carbocycles. The van der Waals surface area contributed by atoms with Crippen molar-refractivity contribution in [2.45, 2.75) is 38.8 Å². The molecule has 1 fully saturated rings. The Morgan fingerprint density at radius 1 is 1.41 bits per heavy atom. The molecular weight excluding hydrogens is 220 g/mol. The van der Waals surface area contributed by atoms with Crippen LogP contribution in [0.5, 0.6) is 0 Å². The van der Waals surface area contributed by atoms with E-state index in [1.165, 1.54) is 0 Å². The number of nitrogens with one attached hydrogen (secondary N) is 2. The van der Waals surface area contributed by atoms with E-state index in [-0.39, 0.29) is 30.3 Å². The maximum atomic E-state index is 11.6. The number of hydrogen-bond acceptors (Lipinski definition) is 4. The minimum atomic E-state index is -0.384. The van der Waals surface area contributed by atoms with Gasteiger partial charge in [0, 0.05) is 6.04 Å². The van der Waals surface area contributed by atoms with Crippen LogP contribution in [0.1, 0.15) is 26.7 Å². The lowest BCUT2D eigenvalue weighted by molar-refractivity contribution is -0.129. The van der Waals surface area contributed by atoms with Crippen molar-refractivity contribution in [3.8, 4) is 0 Å². The largest absolute Gasteiger partial charge is 0.352 e. The Balaban J connectivity index is 2.48. The normalized spacial score (nSPS) is 17.1. The first-order valence-corrected chi connectivity index (χ1v) is 5.95. The van der Waals surface area contributed by atoms with Crippen LogP contribution in [0.15, 0.2) is 0 Å². The number of rotatable bonds is 6. The Bertz CT molecular complexity index is 289. The maximum Gasteiger partial charge on any atom is 0.251 e. The summed E-state index contributed by atoms with van der Waals surface area (Å²) in [6.07, 6.45) is 2.12. The van der Waals surface area contributed by atoms with Crippen molar-refractivity contribution < 1.29 is 9.59 Å². The Morgan fingerprint density at radius 2 is 2.00 bits per heavy atom. The summed E-state index contributed by atoms with van der Waals surface area (Å²) >= 11 is 0. The first-order valence-electron chi connectivity index (χ1n) is 5.95. The van der Waals surface area contributed by atoms with Gasteiger partial charge in [-0.05, 0) is 25.8 Å². The molecule has 1 atom stereocenters. The summed E-state index contributed by atoms with van der Waals surface area (Å²) in [5.74, 6) is 4.94. The molecule has 1 rings (SSSR count). The molecule has 0 aromatic carbocycles. The molecule has 0 spiro atoms. The molecule has 0 aromatic heterocycles. The molecule has 0 bridgehead atoms. The monoisotopic (exact) mass is 242 g/mol. The highest BCUT2D eigenvalue weighted by atomic mass is 16.2. The van der Waals surface area contributed by atoms with Crippen LogP contribution < -0.4 is 16.6 Å². The molecule has 0 heterocycles. The van der Waals surface area contributed by atoms with Gasteiger partial charge in [0.05, 0.1) is 12.6 Å². The average molecular weight is 242 g/mol. The van der Waals surface area contributed by atoms with Crippen molar-refractivity contribution in [2.24, 2.45) is 11.8 Å². The zero-order valence-electron chi connectivity index (χ0n) is 10.7. The molecule has 1 unspecified atom stereocenters. The average Bonchev–Trinajstić information content (AvgIpc) is 3.00. The molecule has 0 aliphatic heterocycles. The number of carbonyl (C=O) groups is 2. The van der Waals surface area contributed by atoms with Crippen molar-refractivity contribution in [3.05, 3.63) is 0 Å². The smallest absolute Gasteiger partial charge is 0.251 e. The predicted molar refractivity (Wildman–Crippen MR) is 64.8 cm³/mol. The summed E-state index contributed by atoms with van der Waals surface area (Å²) in [5, 5.41) is 2.89. The molecule has 4 N–H and O–H groups in total. The van der Waals surface area contributed by atoms with Gasteiger partial charge in [0.15, 0.2) is 0 Å². The number of amides is 2. The Hall–Kier alpha value is -1.14. The number of carbonyl (C=O) groups excluding carboxylic acids is 2. The number of nitrogens with zero attached hydrogens (tertiary/aromatic N) is 1. The second-order valence-corrected chi connectivity index (χ2v) is 4.95. The highest BCUT2D eigenvalue weighted by molar-refractivity contribution is 5.83. The third kappa shape index (κ3) is 4.32. The fraction of sp³-hybridized carbons (Fsp3) is 0.818. The van der Waals surface area contributed by atoms with Gasteiger partial charge >= 0.3 is 0 Å². The van der Waals surface area contributed by atoms with Crippen LogP contribution in [0, 0.1) is 5.92 Å². The third-order valence-electron chi connectivity index (χ3n) is 2.85. The van der Waals surface area contributed by atoms with Crippen molar-refractivity contribution in [2.75, 3.05) is 13.6 Å². The van der Waals surface area contributed by atoms with Gasteiger partial charge in [-0.15, -0.1) is 0 Å². The lowest BCUT2D eigenvalue weighted by atomic mass is 10.0. The molecule has 2 amide bonds. The standard InChI is InChI=1S/C11H22N4O2/c1-7(2)10(11(17)14-12)15(3)6-9(16)13-8-4-5-8/h7-8,10H,4-6,12H2,1-3H3,(H,13,16)(H,14,17). The quantitative estimate of drug-likeness (QED) is 0.324. The molecule has 6 heteroatoms. The summed E-state index contributed by atoms with van der Waals surface area (Å²) in [4.78, 5) is 25.0. The van der Waals surface area contributed by atoms with Crippen molar-refractivity contribution in [3.63, 3.8) is 0 Å². The Kier molecular flexibility index (Phi) is 4.89. The maximum absolute atomic E-state index is 11.6. The van der Waals surface area contributed by atoms with Crippen LogP contribution in [0.2, 0.25) is 0 Å². The van der Waals surface area contributed by atoms with Gasteiger partial charge in [-0.25, -0.2) is 5.84 Å². The molecule has 1 aliphatic carbocycles. The Morgan fingerprint density at radius 3 is 2.41 bits per heavy atom. The molecule has 98 valence electrons. The highest BCUT2D eigenvalue weighted by Crippen LogP contribution is 2.18. The van der Waals surface area contributed by atoms with E-state index in [1.807, 2.05) is 13.8 Å². The minimum absolute atomic E-state index is 0.0366. The number of hydrogen-bond donors (Lipinski definition) is 3. The number of nitrogens with two attached hydrogens (primary N) is 1. The second-order valence-electron chi connectivity index (χ2n) is 4.95. The lowest BCUT2D eigenvalue weighted by Crippen LogP contribution is -2.52. The van der Waals surface area contributed by atoms with Crippen molar-refractivity contribution in [1.82, 2.24) is 15.6 Å². The fourth-order valence-electron chi connectivity index (χ4n) is 1.92. The summed E-state index contributed by atoms with van der Waals surface area (Å²) in [5.41, 5.74) is 2.14. The summed E-state index contributed by atoms with van der Waals surface area (Å²) in [7, 11) is 1.76. The van der Waals surface area contributed by atoms with Crippen LogP contribution in [0.4, 0.5) is 0 Å². The van der Waals surface area contributed by atoms with E-state index >= 15 is 0 Å². The van der Waals surface area contributed by atoms with Gasteiger partial charge in [-0.2, -0.15) is 0 Å². The zero-order valence-corrected chi connectivity index (χ0v) is 10.7. The van der Waals surface area contributed by atoms with Crippen LogP contribution >= 0.6 is 0 Å². The second kappa shape index (κ2) is 5.97. The van der Waals surface area contributed by atoms with E-state index in [0.29, 0.717) is 6.04 Å². The number of hydrazine groups is 1. The molecule has 0 aromatic rings. The summed E-state index contributed by atoms with van der Waals surface area (Å²) in [6.45, 7) is 4.07. The molecular formula is C11H22N4O2. The van der Waals surface area contributed by atoms with Gasteiger partial charge in [0.25, 0.3) is 5.91 Å². The van der Waals surface area contributed by atoms with Gasteiger partial charge in [-0.3, -0.25) is 19.9 Å². The van der Waals surface area contributed by atoms with Gasteiger partial charge < -0.3 is 5.32 Å². The van der Waals surface area contributed by atoms with E-state index in [4.69, 9.17) is 5.84 Å². The summed E-state index contributed by atoms with van der Waals surface area (Å²) < 4.78 is 0. The van der Waals surface area contributed by atoms with E-state index in [9.17, 15) is 9.59 Å². The molecule has 0 radical (unpaired) electrons. The first-order chi connectivity index (χ1) is 7.95. The summed E-state index contributed by atoms with van der Waals surface area (Å²) in [6, 6.07) is -0.0401. The number of likely N-dealkylation sites (N-methyl/N-ethyl adjacent to an activating group) is 1. The zero-order chi connectivity index (χ0) is 13.0.